The Morgan fingerprint density at radius 2 is 1.86 bits per heavy atom. The first-order valence-electron chi connectivity index (χ1n) is 19.2. The minimum absolute atomic E-state index is 0.0210. The first kappa shape index (κ1) is 40.8. The number of benzene rings is 2. The molecule has 0 bridgehead atoms. The molecule has 0 radical (unpaired) electrons. The number of anilines is 1. The Kier molecular flexibility index (Phi) is 10.8. The largest absolute Gasteiger partial charge is 0.444 e. The van der Waals surface area contributed by atoms with Gasteiger partial charge in [-0.1, -0.05) is 37.3 Å². The molecular weight excluding hydrogens is 747 g/mol. The highest BCUT2D eigenvalue weighted by Crippen LogP contribution is 2.72. The molecule has 15 heteroatoms. The van der Waals surface area contributed by atoms with Crippen LogP contribution in [0.2, 0.25) is 0 Å². The first-order chi connectivity index (χ1) is 27.0. The van der Waals surface area contributed by atoms with Gasteiger partial charge in [0.25, 0.3) is 0 Å². The molecule has 7 rings (SSSR count). The zero-order valence-electron chi connectivity index (χ0n) is 32.2. The normalized spacial score (nSPS) is 35.6. The van der Waals surface area contributed by atoms with E-state index in [0.717, 1.165) is 6.08 Å². The van der Waals surface area contributed by atoms with Gasteiger partial charge in [0.2, 0.25) is 5.91 Å². The number of ketones is 2. The standard InChI is InChI=1S/C42H48F3N3O9/c1-5-48(38(53)55-20-24-9-11-27(12-10-24)47-36(52)23(2)46)22-54-21-34(51)42-35(56-37(57-42)25-7-6-8-26(43)15-25)18-29-30-17-32(44)31-16-28(49)13-14-39(31,3)41(30,45)33(50)19-40(29,42)4/h6-16,23,29-30,32-33,35,37,50H,5,17-22,46H2,1-4H3,(H,47,52)/t23-,29-,30-,32-,33-,35+,37+,39-,40-,41-,42+/m0/s1. The third-order valence-electron chi connectivity index (χ3n) is 13.0. The molecule has 4 N–H and O–H groups in total. The lowest BCUT2D eigenvalue weighted by atomic mass is 9.44. The lowest BCUT2D eigenvalue weighted by Gasteiger charge is -2.63. The molecule has 11 atom stereocenters. The minimum Gasteiger partial charge on any atom is -0.444 e. The first-order valence-corrected chi connectivity index (χ1v) is 19.2. The van der Waals surface area contributed by atoms with Crippen molar-refractivity contribution in [3.8, 4) is 0 Å². The van der Waals surface area contributed by atoms with Gasteiger partial charge in [0.15, 0.2) is 29.1 Å². The Morgan fingerprint density at radius 1 is 1.12 bits per heavy atom. The van der Waals surface area contributed by atoms with Gasteiger partial charge < -0.3 is 35.1 Å². The molecule has 3 saturated carbocycles. The number of alkyl halides is 2. The second-order valence-electron chi connectivity index (χ2n) is 16.2. The maximum atomic E-state index is 17.9. The van der Waals surface area contributed by atoms with E-state index < -0.39 is 94.7 Å². The van der Waals surface area contributed by atoms with Gasteiger partial charge in [-0.25, -0.2) is 18.0 Å². The number of aliphatic hydroxyl groups is 1. The summed E-state index contributed by atoms with van der Waals surface area (Å²) in [5.74, 6) is -3.79. The predicted octanol–water partition coefficient (Wildman–Crippen LogP) is 5.39. The summed E-state index contributed by atoms with van der Waals surface area (Å²) in [6.45, 7) is 5.62. The van der Waals surface area contributed by atoms with E-state index >= 15 is 8.78 Å². The highest BCUT2D eigenvalue weighted by molar-refractivity contribution is 6.01. The van der Waals surface area contributed by atoms with Crippen LogP contribution in [0.3, 0.4) is 0 Å². The molecule has 57 heavy (non-hydrogen) atoms. The number of Topliss-reactive ketones (excluding diaryl/α,β-unsaturated/α-hetero) is 1. The second kappa shape index (κ2) is 15.1. The SMILES string of the molecule is CCN(COCC(=O)[C@@]12O[C@H](c3cccc(F)c3)O[C@@H]1C[C@H]1[C@@H]3C[C@H](F)C4=CC(=O)C=C[C@]4(C)[C@@]3(F)[C@@H](O)C[C@@]12C)C(=O)OCc1ccc(NC(=O)[C@H](C)N)cc1. The van der Waals surface area contributed by atoms with Crippen LogP contribution in [0.1, 0.15) is 64.4 Å². The van der Waals surface area contributed by atoms with E-state index in [2.05, 4.69) is 5.32 Å². The highest BCUT2D eigenvalue weighted by Gasteiger charge is 2.80. The number of nitrogens with one attached hydrogen (secondary N) is 1. The number of nitrogens with two attached hydrogens (primary N) is 1. The van der Waals surface area contributed by atoms with Crippen LogP contribution in [0.5, 0.6) is 0 Å². The molecule has 0 spiro atoms. The van der Waals surface area contributed by atoms with Crippen LogP contribution in [0.15, 0.2) is 72.3 Å². The number of ether oxygens (including phenoxy) is 4. The van der Waals surface area contributed by atoms with Crippen molar-refractivity contribution in [3.63, 3.8) is 0 Å². The van der Waals surface area contributed by atoms with Crippen molar-refractivity contribution in [1.82, 2.24) is 4.90 Å². The fourth-order valence-electron chi connectivity index (χ4n) is 10.1. The molecule has 12 nitrogen and oxygen atoms in total. The molecule has 4 aliphatic carbocycles. The number of nitrogens with zero attached hydrogens (tertiary/aromatic N) is 1. The zero-order chi connectivity index (χ0) is 41.1. The minimum atomic E-state index is -2.40. The number of carbonyl (C=O) groups excluding carboxylic acids is 4. The average Bonchev–Trinajstić information content (AvgIpc) is 3.68. The van der Waals surface area contributed by atoms with E-state index in [1.54, 1.807) is 51.1 Å². The topological polar surface area (TPSA) is 167 Å². The number of fused-ring (bicyclic) bond motifs is 7. The lowest BCUT2D eigenvalue weighted by Crippen LogP contribution is -2.70. The molecule has 1 heterocycles. The third kappa shape index (κ3) is 6.61. The Labute approximate surface area is 328 Å². The Morgan fingerprint density at radius 3 is 2.54 bits per heavy atom. The smallest absolute Gasteiger partial charge is 0.411 e. The number of halogens is 3. The maximum Gasteiger partial charge on any atom is 0.411 e. The molecule has 2 amide bonds. The van der Waals surface area contributed by atoms with Crippen molar-refractivity contribution in [1.29, 1.82) is 0 Å². The van der Waals surface area contributed by atoms with Gasteiger partial charge in [-0.15, -0.1) is 0 Å². The van der Waals surface area contributed by atoms with E-state index in [1.165, 1.54) is 42.2 Å². The molecule has 306 valence electrons. The van der Waals surface area contributed by atoms with Crippen molar-refractivity contribution in [2.45, 2.75) is 95.5 Å². The van der Waals surface area contributed by atoms with Crippen molar-refractivity contribution < 1.29 is 56.4 Å². The maximum absolute atomic E-state index is 17.9. The van der Waals surface area contributed by atoms with Crippen LogP contribution in [0.25, 0.3) is 0 Å². The number of amides is 2. The summed E-state index contributed by atoms with van der Waals surface area (Å²) in [5, 5.41) is 14.6. The molecule has 1 saturated heterocycles. The number of rotatable bonds is 11. The van der Waals surface area contributed by atoms with Crippen LogP contribution in [-0.2, 0) is 39.9 Å². The van der Waals surface area contributed by atoms with Crippen LogP contribution in [0.4, 0.5) is 23.7 Å². The predicted molar refractivity (Wildman–Crippen MR) is 199 cm³/mol. The van der Waals surface area contributed by atoms with Gasteiger partial charge in [-0.2, -0.15) is 0 Å². The molecule has 0 aromatic heterocycles. The van der Waals surface area contributed by atoms with Gasteiger partial charge >= 0.3 is 6.09 Å². The van der Waals surface area contributed by atoms with Gasteiger partial charge in [-0.05, 0) is 93.5 Å². The third-order valence-corrected chi connectivity index (χ3v) is 13.0. The number of carbonyl (C=O) groups is 4. The summed E-state index contributed by atoms with van der Waals surface area (Å²) in [7, 11) is 0. The summed E-state index contributed by atoms with van der Waals surface area (Å²) < 4.78 is 72.6. The average molecular weight is 796 g/mol. The van der Waals surface area contributed by atoms with Crippen LogP contribution in [-0.4, -0.2) is 89.1 Å². The number of allylic oxidation sites excluding steroid dienone is 4. The highest BCUT2D eigenvalue weighted by atomic mass is 19.1. The monoisotopic (exact) mass is 795 g/mol. The van der Waals surface area contributed by atoms with Gasteiger partial charge in [0.05, 0.1) is 18.2 Å². The Balaban J connectivity index is 1.09. The summed E-state index contributed by atoms with van der Waals surface area (Å²) in [4.78, 5) is 53.1. The molecule has 5 aliphatic rings. The van der Waals surface area contributed by atoms with E-state index in [9.17, 15) is 28.7 Å². The zero-order valence-corrected chi connectivity index (χ0v) is 32.2. The molecule has 2 aromatic rings. The fourth-order valence-corrected chi connectivity index (χ4v) is 10.1. The molecule has 1 aliphatic heterocycles. The van der Waals surface area contributed by atoms with Crippen molar-refractivity contribution >= 4 is 29.3 Å². The Bertz CT molecular complexity index is 2000. The summed E-state index contributed by atoms with van der Waals surface area (Å²) in [5.41, 5.74) is -0.138. The van der Waals surface area contributed by atoms with Crippen molar-refractivity contribution in [2.75, 3.05) is 25.2 Å². The number of hydrogen-bond acceptors (Lipinski definition) is 10. The van der Waals surface area contributed by atoms with Gasteiger partial charge in [-0.3, -0.25) is 19.3 Å². The lowest BCUT2D eigenvalue weighted by molar-refractivity contribution is -0.235. The fraction of sp³-hybridized carbons (Fsp3) is 0.524. The van der Waals surface area contributed by atoms with E-state index in [0.29, 0.717) is 16.8 Å². The van der Waals surface area contributed by atoms with Gasteiger partial charge in [0, 0.05) is 34.5 Å². The Hall–Kier alpha value is -4.41. The number of aliphatic hydroxyl groups excluding tert-OH is 1. The number of hydrogen-bond donors (Lipinski definition) is 3. The second-order valence-corrected chi connectivity index (χ2v) is 16.2. The van der Waals surface area contributed by atoms with Crippen molar-refractivity contribution in [3.05, 3.63) is 89.3 Å². The summed E-state index contributed by atoms with van der Waals surface area (Å²) in [6.07, 6.45) is -3.21. The van der Waals surface area contributed by atoms with Crippen molar-refractivity contribution in [2.24, 2.45) is 28.4 Å². The van der Waals surface area contributed by atoms with Crippen LogP contribution in [0, 0.1) is 28.5 Å². The van der Waals surface area contributed by atoms with E-state index in [1.807, 2.05) is 0 Å². The van der Waals surface area contributed by atoms with Crippen LogP contribution >= 0.6 is 0 Å². The molecule has 4 fully saturated rings. The molecule has 0 unspecified atom stereocenters. The van der Waals surface area contributed by atoms with Gasteiger partial charge in [0.1, 0.15) is 31.9 Å². The quantitative estimate of drug-likeness (QED) is 0.251. The van der Waals surface area contributed by atoms with E-state index in [4.69, 9.17) is 24.7 Å². The van der Waals surface area contributed by atoms with E-state index in [-0.39, 0.29) is 50.6 Å². The molecular formula is C42H48F3N3O9. The molecule has 2 aromatic carbocycles. The van der Waals surface area contributed by atoms with Crippen LogP contribution < -0.4 is 11.1 Å². The summed E-state index contributed by atoms with van der Waals surface area (Å²) >= 11 is 0. The summed E-state index contributed by atoms with van der Waals surface area (Å²) in [6, 6.07) is 11.5.